The Morgan fingerprint density at radius 3 is 2.29 bits per heavy atom. The number of hydrogen-bond acceptors (Lipinski definition) is 6. The largest absolute Gasteiger partial charge is 0.486 e. The van der Waals surface area contributed by atoms with Gasteiger partial charge in [-0.1, -0.05) is 48.5 Å². The SMILES string of the molecule is CCS(=O)(=O)N(CC(=O)N(Cc1ccccc1F)[C@H](Cc1ccccc1)C(=O)NC(C)C)c1ccc2c(c1)OCCO2. The first-order valence-corrected chi connectivity index (χ1v) is 15.5. The number of carbonyl (C=O) groups is 2. The van der Waals surface area contributed by atoms with Crippen LogP contribution in [0, 0.1) is 5.82 Å². The van der Waals surface area contributed by atoms with Gasteiger partial charge in [-0.15, -0.1) is 0 Å². The van der Waals surface area contributed by atoms with Crippen LogP contribution in [0.1, 0.15) is 31.9 Å². The molecule has 1 atom stereocenters. The van der Waals surface area contributed by atoms with Gasteiger partial charge in [0.25, 0.3) is 0 Å². The Hall–Kier alpha value is -4.12. The van der Waals surface area contributed by atoms with Gasteiger partial charge in [0.1, 0.15) is 31.6 Å². The normalized spacial score (nSPS) is 13.4. The van der Waals surface area contributed by atoms with Crippen molar-refractivity contribution in [3.63, 3.8) is 0 Å². The predicted octanol–water partition coefficient (Wildman–Crippen LogP) is 3.92. The first-order valence-electron chi connectivity index (χ1n) is 13.9. The van der Waals surface area contributed by atoms with Gasteiger partial charge in [0.2, 0.25) is 21.8 Å². The summed E-state index contributed by atoms with van der Waals surface area (Å²) in [5.41, 5.74) is 1.20. The highest BCUT2D eigenvalue weighted by atomic mass is 32.2. The molecule has 1 aliphatic rings. The number of nitrogens with zero attached hydrogens (tertiary/aromatic N) is 2. The van der Waals surface area contributed by atoms with Crippen molar-refractivity contribution in [1.82, 2.24) is 10.2 Å². The van der Waals surface area contributed by atoms with Crippen LogP contribution >= 0.6 is 0 Å². The van der Waals surface area contributed by atoms with Crippen molar-refractivity contribution in [3.05, 3.63) is 89.7 Å². The third kappa shape index (κ3) is 7.58. The Labute approximate surface area is 246 Å². The molecule has 9 nitrogen and oxygen atoms in total. The summed E-state index contributed by atoms with van der Waals surface area (Å²) >= 11 is 0. The molecule has 0 radical (unpaired) electrons. The highest BCUT2D eigenvalue weighted by molar-refractivity contribution is 7.92. The van der Waals surface area contributed by atoms with Gasteiger partial charge in [0, 0.05) is 30.6 Å². The predicted molar refractivity (Wildman–Crippen MR) is 158 cm³/mol. The minimum Gasteiger partial charge on any atom is -0.486 e. The fraction of sp³-hybridized carbons (Fsp3) is 0.355. The maximum atomic E-state index is 14.9. The van der Waals surface area contributed by atoms with E-state index in [1.165, 1.54) is 36.1 Å². The molecule has 0 fully saturated rings. The summed E-state index contributed by atoms with van der Waals surface area (Å²) in [6.45, 7) is 4.92. The molecule has 0 saturated heterocycles. The van der Waals surface area contributed by atoms with Crippen molar-refractivity contribution < 1.29 is 31.9 Å². The lowest BCUT2D eigenvalue weighted by atomic mass is 10.0. The molecule has 2 amide bonds. The van der Waals surface area contributed by atoms with Crippen LogP contribution in [0.4, 0.5) is 10.1 Å². The van der Waals surface area contributed by atoms with Crippen LogP contribution in [0.25, 0.3) is 0 Å². The lowest BCUT2D eigenvalue weighted by Gasteiger charge is -2.34. The lowest BCUT2D eigenvalue weighted by Crippen LogP contribution is -2.54. The number of halogens is 1. The first kappa shape index (κ1) is 30.8. The molecule has 1 aliphatic heterocycles. The van der Waals surface area contributed by atoms with Gasteiger partial charge in [0.05, 0.1) is 11.4 Å². The number of amides is 2. The molecule has 0 spiro atoms. The average molecular weight is 598 g/mol. The number of carbonyl (C=O) groups excluding carboxylic acids is 2. The summed E-state index contributed by atoms with van der Waals surface area (Å²) in [7, 11) is -3.96. The molecule has 3 aromatic rings. The Morgan fingerprint density at radius 2 is 1.62 bits per heavy atom. The Kier molecular flexibility index (Phi) is 10.1. The molecular formula is C31H36FN3O6S. The van der Waals surface area contributed by atoms with Crippen LogP contribution in [-0.2, 0) is 32.6 Å². The highest BCUT2D eigenvalue weighted by Crippen LogP contribution is 2.35. The van der Waals surface area contributed by atoms with E-state index in [1.54, 1.807) is 32.0 Å². The summed E-state index contributed by atoms with van der Waals surface area (Å²) in [4.78, 5) is 29.0. The van der Waals surface area contributed by atoms with Crippen LogP contribution in [0.2, 0.25) is 0 Å². The standard InChI is InChI=1S/C31H36FN3O6S/c1-4-42(38,39)35(25-14-15-28-29(19-25)41-17-16-40-28)21-30(36)34(20-24-12-8-9-13-26(24)32)27(31(37)33-22(2)3)18-23-10-6-5-7-11-23/h5-15,19,22,27H,4,16-18,20-21H2,1-3H3,(H,33,37)/t27-/m1/s1. The van der Waals surface area contributed by atoms with E-state index in [2.05, 4.69) is 5.32 Å². The molecule has 0 saturated carbocycles. The van der Waals surface area contributed by atoms with E-state index >= 15 is 0 Å². The topological polar surface area (TPSA) is 105 Å². The number of hydrogen-bond donors (Lipinski definition) is 1. The number of nitrogens with one attached hydrogen (secondary N) is 1. The number of rotatable bonds is 12. The Morgan fingerprint density at radius 1 is 0.952 bits per heavy atom. The van der Waals surface area contributed by atoms with E-state index < -0.39 is 40.2 Å². The second-order valence-electron chi connectivity index (χ2n) is 10.2. The fourth-order valence-electron chi connectivity index (χ4n) is 4.65. The maximum absolute atomic E-state index is 14.9. The number of fused-ring (bicyclic) bond motifs is 1. The molecule has 1 heterocycles. The zero-order valence-electron chi connectivity index (χ0n) is 24.0. The molecule has 0 bridgehead atoms. The van der Waals surface area contributed by atoms with Crippen LogP contribution in [0.3, 0.4) is 0 Å². The first-order chi connectivity index (χ1) is 20.1. The van der Waals surface area contributed by atoms with Gasteiger partial charge in [-0.25, -0.2) is 12.8 Å². The molecule has 4 rings (SSSR count). The van der Waals surface area contributed by atoms with Crippen molar-refractivity contribution in [2.45, 2.75) is 45.8 Å². The maximum Gasteiger partial charge on any atom is 0.244 e. The molecule has 3 aromatic carbocycles. The van der Waals surface area contributed by atoms with Crippen LogP contribution in [0.15, 0.2) is 72.8 Å². The third-order valence-electron chi connectivity index (χ3n) is 6.79. The molecule has 224 valence electrons. The van der Waals surface area contributed by atoms with E-state index in [0.717, 1.165) is 9.87 Å². The quantitative estimate of drug-likeness (QED) is 0.340. The number of anilines is 1. The van der Waals surface area contributed by atoms with E-state index in [9.17, 15) is 22.4 Å². The minimum absolute atomic E-state index is 0.143. The molecule has 11 heteroatoms. The third-order valence-corrected chi connectivity index (χ3v) is 8.53. The summed E-state index contributed by atoms with van der Waals surface area (Å²) in [5.74, 6) is -1.07. The van der Waals surface area contributed by atoms with Gasteiger partial charge in [-0.2, -0.15) is 0 Å². The van der Waals surface area contributed by atoms with E-state index in [-0.39, 0.29) is 36.0 Å². The second-order valence-corrected chi connectivity index (χ2v) is 12.4. The van der Waals surface area contributed by atoms with Gasteiger partial charge in [-0.05, 0) is 44.5 Å². The second kappa shape index (κ2) is 13.7. The molecule has 0 aliphatic carbocycles. The zero-order chi connectivity index (χ0) is 30.3. The van der Waals surface area contributed by atoms with Crippen LogP contribution in [-0.4, -0.2) is 62.7 Å². The minimum atomic E-state index is -3.96. The zero-order valence-corrected chi connectivity index (χ0v) is 24.8. The van der Waals surface area contributed by atoms with Crippen LogP contribution < -0.4 is 19.1 Å². The van der Waals surface area contributed by atoms with Crippen molar-refractivity contribution in [3.8, 4) is 11.5 Å². The summed E-state index contributed by atoms with van der Waals surface area (Å²) in [6.07, 6.45) is 0.143. The Balaban J connectivity index is 1.76. The molecule has 0 unspecified atom stereocenters. The molecule has 0 aromatic heterocycles. The van der Waals surface area contributed by atoms with Crippen molar-refractivity contribution in [2.24, 2.45) is 0 Å². The number of sulfonamides is 1. The van der Waals surface area contributed by atoms with Crippen molar-refractivity contribution in [2.75, 3.05) is 29.8 Å². The summed E-state index contributed by atoms with van der Waals surface area (Å²) in [6, 6.07) is 18.6. The Bertz CT molecular complexity index is 1500. The average Bonchev–Trinajstić information content (AvgIpc) is 2.98. The van der Waals surface area contributed by atoms with Crippen LogP contribution in [0.5, 0.6) is 11.5 Å². The lowest BCUT2D eigenvalue weighted by molar-refractivity contribution is -0.140. The van der Waals surface area contributed by atoms with Crippen molar-refractivity contribution in [1.29, 1.82) is 0 Å². The van der Waals surface area contributed by atoms with E-state index in [0.29, 0.717) is 24.7 Å². The monoisotopic (exact) mass is 597 g/mol. The van der Waals surface area contributed by atoms with Gasteiger partial charge >= 0.3 is 0 Å². The summed E-state index contributed by atoms with van der Waals surface area (Å²) in [5, 5.41) is 2.87. The van der Waals surface area contributed by atoms with Gasteiger partial charge < -0.3 is 19.7 Å². The smallest absolute Gasteiger partial charge is 0.244 e. The van der Waals surface area contributed by atoms with Crippen molar-refractivity contribution >= 4 is 27.5 Å². The highest BCUT2D eigenvalue weighted by Gasteiger charge is 2.34. The molecule has 42 heavy (non-hydrogen) atoms. The number of ether oxygens (including phenoxy) is 2. The van der Waals surface area contributed by atoms with Gasteiger partial charge in [0.15, 0.2) is 11.5 Å². The number of benzene rings is 3. The molecule has 1 N–H and O–H groups in total. The molecular weight excluding hydrogens is 561 g/mol. The fourth-order valence-corrected chi connectivity index (χ4v) is 5.71. The van der Waals surface area contributed by atoms with E-state index in [4.69, 9.17) is 9.47 Å². The van der Waals surface area contributed by atoms with E-state index in [1.807, 2.05) is 30.3 Å². The summed E-state index contributed by atoms with van der Waals surface area (Å²) < 4.78 is 53.7. The van der Waals surface area contributed by atoms with Gasteiger partial charge in [-0.3, -0.25) is 13.9 Å².